The van der Waals surface area contributed by atoms with Crippen molar-refractivity contribution < 1.29 is 19.0 Å². The first-order chi connectivity index (χ1) is 13.6. The molecule has 1 heterocycles. The summed E-state index contributed by atoms with van der Waals surface area (Å²) in [6, 6.07) is 8.85. The van der Waals surface area contributed by atoms with Gasteiger partial charge in [0.15, 0.2) is 11.5 Å². The summed E-state index contributed by atoms with van der Waals surface area (Å²) in [5, 5.41) is 2.88. The van der Waals surface area contributed by atoms with E-state index in [0.29, 0.717) is 34.2 Å². The molecule has 1 aliphatic heterocycles. The first kappa shape index (κ1) is 19.7. The summed E-state index contributed by atoms with van der Waals surface area (Å²) in [5.41, 5.74) is 8.95. The summed E-state index contributed by atoms with van der Waals surface area (Å²) < 4.78 is 15.9. The normalized spacial score (nSPS) is 13.8. The molecule has 1 amide bonds. The van der Waals surface area contributed by atoms with Crippen molar-refractivity contribution in [1.29, 1.82) is 0 Å². The number of piperidine rings is 1. The fraction of sp³-hybridized carbons (Fsp3) is 0.381. The number of ether oxygens (including phenoxy) is 3. The van der Waals surface area contributed by atoms with Crippen LogP contribution in [-0.2, 0) is 0 Å². The second-order valence-corrected chi connectivity index (χ2v) is 6.69. The van der Waals surface area contributed by atoms with E-state index in [2.05, 4.69) is 10.2 Å². The van der Waals surface area contributed by atoms with Crippen molar-refractivity contribution in [1.82, 2.24) is 0 Å². The fourth-order valence-electron chi connectivity index (χ4n) is 3.47. The Hall–Kier alpha value is -3.09. The summed E-state index contributed by atoms with van der Waals surface area (Å²) in [6.45, 7) is 2.03. The highest BCUT2D eigenvalue weighted by Gasteiger charge is 2.18. The molecule has 28 heavy (non-hydrogen) atoms. The predicted molar refractivity (Wildman–Crippen MR) is 111 cm³/mol. The van der Waals surface area contributed by atoms with Crippen LogP contribution in [0.2, 0.25) is 0 Å². The highest BCUT2D eigenvalue weighted by atomic mass is 16.5. The molecule has 3 N–H and O–H groups in total. The number of anilines is 3. The first-order valence-corrected chi connectivity index (χ1v) is 9.33. The quantitative estimate of drug-likeness (QED) is 0.740. The molecule has 2 aromatic rings. The maximum Gasteiger partial charge on any atom is 0.255 e. The van der Waals surface area contributed by atoms with Crippen molar-refractivity contribution in [2.45, 2.75) is 19.3 Å². The van der Waals surface area contributed by atoms with Gasteiger partial charge in [-0.25, -0.2) is 0 Å². The number of benzene rings is 2. The fourth-order valence-corrected chi connectivity index (χ4v) is 3.47. The topological polar surface area (TPSA) is 86.1 Å². The van der Waals surface area contributed by atoms with Gasteiger partial charge in [0.2, 0.25) is 5.75 Å². The number of carbonyl (C=O) groups excluding carboxylic acids is 1. The number of hydrogen-bond acceptors (Lipinski definition) is 6. The molecule has 7 heteroatoms. The molecule has 0 aliphatic carbocycles. The molecule has 0 saturated carbocycles. The molecule has 1 aliphatic rings. The molecule has 0 radical (unpaired) electrons. The van der Waals surface area contributed by atoms with Gasteiger partial charge in [0.1, 0.15) is 0 Å². The summed E-state index contributed by atoms with van der Waals surface area (Å²) >= 11 is 0. The van der Waals surface area contributed by atoms with Gasteiger partial charge in [0.05, 0.1) is 32.7 Å². The molecular weight excluding hydrogens is 358 g/mol. The Morgan fingerprint density at radius 2 is 1.61 bits per heavy atom. The second kappa shape index (κ2) is 8.73. The van der Waals surface area contributed by atoms with Gasteiger partial charge in [0, 0.05) is 24.3 Å². The van der Waals surface area contributed by atoms with E-state index in [1.54, 1.807) is 18.2 Å². The van der Waals surface area contributed by atoms with Gasteiger partial charge >= 0.3 is 0 Å². The Balaban J connectivity index is 1.80. The zero-order chi connectivity index (χ0) is 20.1. The van der Waals surface area contributed by atoms with Crippen LogP contribution in [0.4, 0.5) is 17.1 Å². The van der Waals surface area contributed by atoms with Crippen LogP contribution in [0.5, 0.6) is 17.2 Å². The van der Waals surface area contributed by atoms with Crippen molar-refractivity contribution in [3.05, 3.63) is 35.9 Å². The zero-order valence-electron chi connectivity index (χ0n) is 16.6. The number of nitrogens with two attached hydrogens (primary N) is 1. The standard InChI is InChI=1S/C21H27N3O4/c1-26-18-11-14(12-19(27-2)20(18)28-3)21(25)23-15-7-8-17(16(22)13-15)24-9-5-4-6-10-24/h7-8,11-13H,4-6,9-10,22H2,1-3H3,(H,23,25). The summed E-state index contributed by atoms with van der Waals surface area (Å²) in [5.74, 6) is 1.000. The summed E-state index contributed by atoms with van der Waals surface area (Å²) in [4.78, 5) is 15.0. The molecule has 2 aromatic carbocycles. The third-order valence-corrected chi connectivity index (χ3v) is 4.91. The smallest absolute Gasteiger partial charge is 0.255 e. The summed E-state index contributed by atoms with van der Waals surface area (Å²) in [6.07, 6.45) is 3.62. The average Bonchev–Trinajstić information content (AvgIpc) is 2.73. The third-order valence-electron chi connectivity index (χ3n) is 4.91. The van der Waals surface area contributed by atoms with Crippen LogP contribution in [-0.4, -0.2) is 40.3 Å². The molecule has 0 unspecified atom stereocenters. The average molecular weight is 385 g/mol. The maximum absolute atomic E-state index is 12.7. The minimum Gasteiger partial charge on any atom is -0.493 e. The van der Waals surface area contributed by atoms with E-state index in [4.69, 9.17) is 19.9 Å². The van der Waals surface area contributed by atoms with Crippen LogP contribution in [0.1, 0.15) is 29.6 Å². The highest BCUT2D eigenvalue weighted by molar-refractivity contribution is 6.05. The minimum absolute atomic E-state index is 0.288. The van der Waals surface area contributed by atoms with Crippen molar-refractivity contribution >= 4 is 23.0 Å². The van der Waals surface area contributed by atoms with E-state index in [1.807, 2.05) is 12.1 Å². The number of nitrogen functional groups attached to an aromatic ring is 1. The van der Waals surface area contributed by atoms with Gasteiger partial charge < -0.3 is 30.2 Å². The highest BCUT2D eigenvalue weighted by Crippen LogP contribution is 2.38. The molecule has 0 aromatic heterocycles. The molecule has 0 bridgehead atoms. The van der Waals surface area contributed by atoms with Crippen molar-refractivity contribution in [3.8, 4) is 17.2 Å². The lowest BCUT2D eigenvalue weighted by molar-refractivity contribution is 0.102. The van der Waals surface area contributed by atoms with Crippen LogP contribution in [0, 0.1) is 0 Å². The largest absolute Gasteiger partial charge is 0.493 e. The Morgan fingerprint density at radius 1 is 0.964 bits per heavy atom. The molecule has 150 valence electrons. The Morgan fingerprint density at radius 3 is 2.14 bits per heavy atom. The number of hydrogen-bond donors (Lipinski definition) is 2. The van der Waals surface area contributed by atoms with E-state index >= 15 is 0 Å². The lowest BCUT2D eigenvalue weighted by Crippen LogP contribution is -2.30. The number of amides is 1. The molecule has 1 fully saturated rings. The number of methoxy groups -OCH3 is 3. The third kappa shape index (κ3) is 4.08. The van der Waals surface area contributed by atoms with Crippen LogP contribution in [0.25, 0.3) is 0 Å². The number of carbonyl (C=O) groups is 1. The van der Waals surface area contributed by atoms with E-state index in [9.17, 15) is 4.79 Å². The van der Waals surface area contributed by atoms with E-state index in [-0.39, 0.29) is 5.91 Å². The summed E-state index contributed by atoms with van der Waals surface area (Å²) in [7, 11) is 4.55. The van der Waals surface area contributed by atoms with Gasteiger partial charge in [-0.1, -0.05) is 0 Å². The van der Waals surface area contributed by atoms with Crippen LogP contribution < -0.4 is 30.2 Å². The van der Waals surface area contributed by atoms with Gasteiger partial charge in [-0.05, 0) is 49.6 Å². The molecule has 1 saturated heterocycles. The van der Waals surface area contributed by atoms with Crippen LogP contribution in [0.15, 0.2) is 30.3 Å². The first-order valence-electron chi connectivity index (χ1n) is 9.33. The van der Waals surface area contributed by atoms with E-state index < -0.39 is 0 Å². The van der Waals surface area contributed by atoms with Crippen molar-refractivity contribution in [2.75, 3.05) is 50.4 Å². The zero-order valence-corrected chi connectivity index (χ0v) is 16.6. The molecular formula is C21H27N3O4. The SMILES string of the molecule is COc1cc(C(=O)Nc2ccc(N3CCCCC3)c(N)c2)cc(OC)c1OC. The van der Waals surface area contributed by atoms with Gasteiger partial charge in [0.25, 0.3) is 5.91 Å². The number of nitrogens with one attached hydrogen (secondary N) is 1. The van der Waals surface area contributed by atoms with Crippen LogP contribution >= 0.6 is 0 Å². The number of rotatable bonds is 6. The lowest BCUT2D eigenvalue weighted by atomic mass is 10.1. The van der Waals surface area contributed by atoms with Crippen molar-refractivity contribution in [2.24, 2.45) is 0 Å². The van der Waals surface area contributed by atoms with Crippen LogP contribution in [0.3, 0.4) is 0 Å². The van der Waals surface area contributed by atoms with Gasteiger partial charge in [-0.15, -0.1) is 0 Å². The van der Waals surface area contributed by atoms with Crippen molar-refractivity contribution in [3.63, 3.8) is 0 Å². The second-order valence-electron chi connectivity index (χ2n) is 6.69. The Bertz CT molecular complexity index is 823. The predicted octanol–water partition coefficient (Wildman–Crippen LogP) is 3.54. The number of nitrogens with zero attached hydrogens (tertiary/aromatic N) is 1. The molecule has 3 rings (SSSR count). The van der Waals surface area contributed by atoms with E-state index in [0.717, 1.165) is 18.8 Å². The molecule has 0 spiro atoms. The van der Waals surface area contributed by atoms with Gasteiger partial charge in [-0.2, -0.15) is 0 Å². The Labute approximate surface area is 165 Å². The van der Waals surface area contributed by atoms with Gasteiger partial charge in [-0.3, -0.25) is 4.79 Å². The molecule has 7 nitrogen and oxygen atoms in total. The monoisotopic (exact) mass is 385 g/mol. The molecule has 0 atom stereocenters. The maximum atomic E-state index is 12.7. The Kier molecular flexibility index (Phi) is 6.13. The van der Waals surface area contributed by atoms with E-state index in [1.165, 1.54) is 40.6 Å². The lowest BCUT2D eigenvalue weighted by Gasteiger charge is -2.30. The minimum atomic E-state index is -0.288.